The van der Waals surface area contributed by atoms with Crippen LogP contribution in [0.25, 0.3) is 20.5 Å². The number of hydrogen-bond acceptors (Lipinski definition) is 7. The van der Waals surface area contributed by atoms with Gasteiger partial charge < -0.3 is 14.2 Å². The van der Waals surface area contributed by atoms with Gasteiger partial charge in [-0.1, -0.05) is 55.0 Å². The smallest absolute Gasteiger partial charge is 0.343 e. The van der Waals surface area contributed by atoms with E-state index in [2.05, 4.69) is 29.2 Å². The van der Waals surface area contributed by atoms with Crippen LogP contribution in [-0.2, 0) is 6.42 Å². The third kappa shape index (κ3) is 8.08. The standard InChI is InChI=1S/C42H37NO5S/c44-41(32-10-4-1-5-11-32)47-35-20-16-31(17-21-35)40-38(28-30-14-18-34(19-15-30)46-27-26-43-24-8-3-9-25-43)37-23-22-36(29-39(37)49-40)48-42(45)33-12-6-2-7-13-33/h1-2,4-7,10-23,29H,3,8-9,24-28H2. The molecule has 0 amide bonds. The van der Waals surface area contributed by atoms with Gasteiger partial charge in [-0.25, -0.2) is 9.59 Å². The molecule has 5 aromatic carbocycles. The highest BCUT2D eigenvalue weighted by molar-refractivity contribution is 7.22. The fraction of sp³-hybridized carbons (Fsp3) is 0.190. The van der Waals surface area contributed by atoms with Crippen molar-refractivity contribution in [2.24, 2.45) is 0 Å². The molecule has 49 heavy (non-hydrogen) atoms. The lowest BCUT2D eigenvalue weighted by atomic mass is 9.99. The first-order valence-electron chi connectivity index (χ1n) is 16.7. The van der Waals surface area contributed by atoms with Gasteiger partial charge in [-0.05, 0) is 133 Å². The lowest BCUT2D eigenvalue weighted by Crippen LogP contribution is -2.33. The van der Waals surface area contributed by atoms with E-state index in [1.54, 1.807) is 35.6 Å². The lowest BCUT2D eigenvalue weighted by molar-refractivity contribution is 0.0725. The summed E-state index contributed by atoms with van der Waals surface area (Å²) in [6, 6.07) is 39.8. The van der Waals surface area contributed by atoms with Gasteiger partial charge in [0.05, 0.1) is 11.1 Å². The van der Waals surface area contributed by atoms with Crippen molar-refractivity contribution in [3.8, 4) is 27.7 Å². The zero-order valence-corrected chi connectivity index (χ0v) is 28.0. The normalized spacial score (nSPS) is 13.2. The maximum Gasteiger partial charge on any atom is 0.343 e. The summed E-state index contributed by atoms with van der Waals surface area (Å²) in [5.41, 5.74) is 4.35. The molecule has 1 saturated heterocycles. The van der Waals surface area contributed by atoms with E-state index >= 15 is 0 Å². The molecule has 0 aliphatic carbocycles. The van der Waals surface area contributed by atoms with E-state index in [-0.39, 0.29) is 0 Å². The van der Waals surface area contributed by atoms with Gasteiger partial charge in [0.2, 0.25) is 0 Å². The molecule has 0 saturated carbocycles. The van der Waals surface area contributed by atoms with Gasteiger partial charge in [0, 0.05) is 16.1 Å². The fourth-order valence-corrected chi connectivity index (χ4v) is 7.40. The second-order valence-electron chi connectivity index (χ2n) is 12.2. The number of fused-ring (bicyclic) bond motifs is 1. The summed E-state index contributed by atoms with van der Waals surface area (Å²) in [7, 11) is 0. The number of esters is 2. The highest BCUT2D eigenvalue weighted by Crippen LogP contribution is 2.42. The molecule has 0 N–H and O–H groups in total. The summed E-state index contributed by atoms with van der Waals surface area (Å²) in [5.74, 6) is 1.06. The number of thiophene rings is 1. The van der Waals surface area contributed by atoms with E-state index < -0.39 is 11.9 Å². The Morgan fingerprint density at radius 1 is 0.633 bits per heavy atom. The van der Waals surface area contributed by atoms with Crippen LogP contribution in [0.5, 0.6) is 17.2 Å². The van der Waals surface area contributed by atoms with Crippen LogP contribution in [0.1, 0.15) is 51.1 Å². The molecule has 1 aliphatic rings. The third-order valence-corrected chi connectivity index (χ3v) is 9.99. The quantitative estimate of drug-likeness (QED) is 0.101. The molecule has 0 bridgehead atoms. The Morgan fingerprint density at radius 2 is 1.22 bits per heavy atom. The first-order valence-corrected chi connectivity index (χ1v) is 17.6. The predicted molar refractivity (Wildman–Crippen MR) is 195 cm³/mol. The number of carbonyl (C=O) groups excluding carboxylic acids is 2. The molecule has 0 atom stereocenters. The number of hydrogen-bond donors (Lipinski definition) is 0. The molecule has 1 fully saturated rings. The van der Waals surface area contributed by atoms with Crippen molar-refractivity contribution in [1.29, 1.82) is 0 Å². The maximum absolute atomic E-state index is 12.8. The Balaban J connectivity index is 1.13. The SMILES string of the molecule is O=C(Oc1ccc(-c2sc3cc(OC(=O)c4ccccc4)ccc3c2Cc2ccc(OCCN3CCCCC3)cc2)cc1)c1ccccc1. The topological polar surface area (TPSA) is 65.1 Å². The van der Waals surface area contributed by atoms with Crippen molar-refractivity contribution >= 4 is 33.4 Å². The van der Waals surface area contributed by atoms with E-state index in [9.17, 15) is 9.59 Å². The zero-order chi connectivity index (χ0) is 33.4. The number of piperidine rings is 1. The number of likely N-dealkylation sites (tertiary alicyclic amines) is 1. The van der Waals surface area contributed by atoms with Gasteiger partial charge in [0.25, 0.3) is 0 Å². The van der Waals surface area contributed by atoms with Gasteiger partial charge in [0.1, 0.15) is 23.9 Å². The molecule has 7 rings (SSSR count). The van der Waals surface area contributed by atoms with Gasteiger partial charge in [0.15, 0.2) is 0 Å². The average Bonchev–Trinajstić information content (AvgIpc) is 3.51. The van der Waals surface area contributed by atoms with E-state index in [0.29, 0.717) is 35.7 Å². The van der Waals surface area contributed by atoms with E-state index in [1.807, 2.05) is 78.9 Å². The van der Waals surface area contributed by atoms with E-state index in [0.717, 1.165) is 51.5 Å². The third-order valence-electron chi connectivity index (χ3n) is 8.75. The van der Waals surface area contributed by atoms with Crippen LogP contribution in [0.2, 0.25) is 0 Å². The monoisotopic (exact) mass is 667 g/mol. The fourth-order valence-electron chi connectivity index (χ4n) is 6.14. The van der Waals surface area contributed by atoms with Crippen LogP contribution >= 0.6 is 11.3 Å². The van der Waals surface area contributed by atoms with Crippen molar-refractivity contribution in [2.45, 2.75) is 25.7 Å². The largest absolute Gasteiger partial charge is 0.492 e. The molecule has 246 valence electrons. The van der Waals surface area contributed by atoms with Crippen LogP contribution in [0.15, 0.2) is 127 Å². The minimum absolute atomic E-state index is 0.393. The van der Waals surface area contributed by atoms with Crippen molar-refractivity contribution in [3.63, 3.8) is 0 Å². The minimum atomic E-state index is -0.396. The summed E-state index contributed by atoms with van der Waals surface area (Å²) in [5, 5.41) is 1.10. The molecule has 1 aromatic heterocycles. The number of nitrogens with zero attached hydrogens (tertiary/aromatic N) is 1. The van der Waals surface area contributed by atoms with Crippen molar-refractivity contribution < 1.29 is 23.8 Å². The Morgan fingerprint density at radius 3 is 1.88 bits per heavy atom. The van der Waals surface area contributed by atoms with Crippen molar-refractivity contribution in [3.05, 3.63) is 150 Å². The molecular formula is C42H37NO5S. The molecule has 1 aliphatic heterocycles. The van der Waals surface area contributed by atoms with Crippen LogP contribution in [0.4, 0.5) is 0 Å². The lowest BCUT2D eigenvalue weighted by Gasteiger charge is -2.26. The Labute approximate surface area is 290 Å². The highest BCUT2D eigenvalue weighted by atomic mass is 32.1. The summed E-state index contributed by atoms with van der Waals surface area (Å²) in [4.78, 5) is 29.0. The van der Waals surface area contributed by atoms with Gasteiger partial charge in [-0.2, -0.15) is 0 Å². The molecule has 0 unspecified atom stereocenters. The molecule has 2 heterocycles. The Hall–Kier alpha value is -5.24. The van der Waals surface area contributed by atoms with Gasteiger partial charge in [-0.15, -0.1) is 11.3 Å². The average molecular weight is 668 g/mol. The Kier molecular flexibility index (Phi) is 10.1. The number of rotatable bonds is 11. The summed E-state index contributed by atoms with van der Waals surface area (Å²) in [6.07, 6.45) is 4.59. The first kappa shape index (κ1) is 32.3. The van der Waals surface area contributed by atoms with Crippen LogP contribution < -0.4 is 14.2 Å². The molecular weight excluding hydrogens is 631 g/mol. The molecule has 6 aromatic rings. The second-order valence-corrected chi connectivity index (χ2v) is 13.2. The Bertz CT molecular complexity index is 2020. The van der Waals surface area contributed by atoms with Crippen molar-refractivity contribution in [2.75, 3.05) is 26.2 Å². The van der Waals surface area contributed by atoms with Crippen LogP contribution in [-0.4, -0.2) is 43.1 Å². The summed E-state index contributed by atoms with van der Waals surface area (Å²) in [6.45, 7) is 3.97. The first-order chi connectivity index (χ1) is 24.1. The minimum Gasteiger partial charge on any atom is -0.492 e. The highest BCUT2D eigenvalue weighted by Gasteiger charge is 2.18. The van der Waals surface area contributed by atoms with Gasteiger partial charge in [-0.3, -0.25) is 4.90 Å². The van der Waals surface area contributed by atoms with E-state index in [1.165, 1.54) is 24.8 Å². The zero-order valence-electron chi connectivity index (χ0n) is 27.2. The maximum atomic E-state index is 12.8. The molecule has 7 heteroatoms. The van der Waals surface area contributed by atoms with Crippen LogP contribution in [0, 0.1) is 0 Å². The van der Waals surface area contributed by atoms with Crippen LogP contribution in [0.3, 0.4) is 0 Å². The van der Waals surface area contributed by atoms with Gasteiger partial charge >= 0.3 is 11.9 Å². The summed E-state index contributed by atoms with van der Waals surface area (Å²) >= 11 is 1.65. The predicted octanol–water partition coefficient (Wildman–Crippen LogP) is 9.46. The van der Waals surface area contributed by atoms with E-state index in [4.69, 9.17) is 14.2 Å². The second kappa shape index (κ2) is 15.3. The molecule has 6 nitrogen and oxygen atoms in total. The number of carbonyl (C=O) groups is 2. The van der Waals surface area contributed by atoms with Crippen molar-refractivity contribution in [1.82, 2.24) is 4.90 Å². The number of benzene rings is 5. The molecule has 0 radical (unpaired) electrons. The molecule has 0 spiro atoms. The number of ether oxygens (including phenoxy) is 3. The summed E-state index contributed by atoms with van der Waals surface area (Å²) < 4.78 is 18.5.